The topological polar surface area (TPSA) is 32.3 Å². The summed E-state index contributed by atoms with van der Waals surface area (Å²) in [6.07, 6.45) is 0.938. The fraction of sp³-hybridized carbons (Fsp3) is 0.316. The molecule has 0 aromatic heterocycles. The number of hydrogen-bond donors (Lipinski definition) is 1. The van der Waals surface area contributed by atoms with Crippen LogP contribution in [0.2, 0.25) is 10.0 Å². The minimum atomic E-state index is -0.128. The summed E-state index contributed by atoms with van der Waals surface area (Å²) in [5.74, 6) is -0.128. The van der Waals surface area contributed by atoms with E-state index >= 15 is 0 Å². The molecule has 0 saturated carbocycles. The predicted molar refractivity (Wildman–Crippen MR) is 98.9 cm³/mol. The van der Waals surface area contributed by atoms with Crippen LogP contribution in [0.15, 0.2) is 36.4 Å². The van der Waals surface area contributed by atoms with Gasteiger partial charge >= 0.3 is 0 Å². The standard InChI is InChI=1S/C19H20Cl2N2O/c1-12-3-4-13-8-16(23(2)11-15(13)7-12)10-22-19(24)14-5-6-17(20)18(21)9-14/h3-7,9,16H,8,10-11H2,1-2H3,(H,22,24). The van der Waals surface area contributed by atoms with E-state index in [2.05, 4.69) is 42.4 Å². The van der Waals surface area contributed by atoms with E-state index in [0.29, 0.717) is 22.2 Å². The molecule has 0 bridgehead atoms. The van der Waals surface area contributed by atoms with Crippen LogP contribution in [-0.2, 0) is 13.0 Å². The number of likely N-dealkylation sites (N-methyl/N-ethyl adjacent to an activating group) is 1. The van der Waals surface area contributed by atoms with Crippen LogP contribution >= 0.6 is 23.2 Å². The van der Waals surface area contributed by atoms with Crippen molar-refractivity contribution in [2.45, 2.75) is 25.9 Å². The van der Waals surface area contributed by atoms with Gasteiger partial charge in [0.15, 0.2) is 0 Å². The van der Waals surface area contributed by atoms with Gasteiger partial charge in [0.25, 0.3) is 5.91 Å². The first-order valence-corrected chi connectivity index (χ1v) is 8.71. The normalized spacial score (nSPS) is 17.4. The first-order valence-electron chi connectivity index (χ1n) is 7.96. The van der Waals surface area contributed by atoms with E-state index in [0.717, 1.165) is 13.0 Å². The third-order valence-corrected chi connectivity index (χ3v) is 5.28. The second-order valence-electron chi connectivity index (χ2n) is 6.38. The molecule has 2 aromatic carbocycles. The minimum absolute atomic E-state index is 0.128. The zero-order valence-electron chi connectivity index (χ0n) is 13.8. The van der Waals surface area contributed by atoms with Crippen molar-refractivity contribution >= 4 is 29.1 Å². The smallest absolute Gasteiger partial charge is 0.251 e. The van der Waals surface area contributed by atoms with E-state index in [4.69, 9.17) is 23.2 Å². The van der Waals surface area contributed by atoms with Gasteiger partial charge in [-0.05, 0) is 49.7 Å². The molecule has 5 heteroatoms. The number of fused-ring (bicyclic) bond motifs is 1. The molecule has 0 aliphatic carbocycles. The Kier molecular flexibility index (Phi) is 5.14. The molecule has 1 heterocycles. The van der Waals surface area contributed by atoms with E-state index in [1.807, 2.05) is 0 Å². The van der Waals surface area contributed by atoms with E-state index in [1.54, 1.807) is 18.2 Å². The Hall–Kier alpha value is -1.55. The molecule has 0 radical (unpaired) electrons. The van der Waals surface area contributed by atoms with Crippen molar-refractivity contribution in [2.75, 3.05) is 13.6 Å². The maximum atomic E-state index is 12.3. The number of amides is 1. The largest absolute Gasteiger partial charge is 0.350 e. The van der Waals surface area contributed by atoms with E-state index in [1.165, 1.54) is 16.7 Å². The molecule has 3 nitrogen and oxygen atoms in total. The number of carbonyl (C=O) groups is 1. The van der Waals surface area contributed by atoms with Crippen LogP contribution in [0.4, 0.5) is 0 Å². The van der Waals surface area contributed by atoms with Crippen LogP contribution in [0.1, 0.15) is 27.0 Å². The van der Waals surface area contributed by atoms with Crippen molar-refractivity contribution in [1.82, 2.24) is 10.2 Å². The molecule has 1 amide bonds. The molecule has 1 atom stereocenters. The Morgan fingerprint density at radius 1 is 1.17 bits per heavy atom. The summed E-state index contributed by atoms with van der Waals surface area (Å²) in [5.41, 5.74) is 4.56. The Balaban J connectivity index is 1.65. The van der Waals surface area contributed by atoms with E-state index < -0.39 is 0 Å². The molecule has 126 valence electrons. The Labute approximate surface area is 152 Å². The quantitative estimate of drug-likeness (QED) is 0.891. The van der Waals surface area contributed by atoms with Gasteiger partial charge in [-0.1, -0.05) is 47.0 Å². The Morgan fingerprint density at radius 2 is 1.96 bits per heavy atom. The van der Waals surface area contributed by atoms with Gasteiger partial charge in [-0.3, -0.25) is 9.69 Å². The molecule has 0 fully saturated rings. The fourth-order valence-corrected chi connectivity index (χ4v) is 3.38. The highest BCUT2D eigenvalue weighted by Gasteiger charge is 2.23. The predicted octanol–water partition coefficient (Wildman–Crippen LogP) is 4.09. The summed E-state index contributed by atoms with van der Waals surface area (Å²) in [6.45, 7) is 3.62. The highest BCUT2D eigenvalue weighted by molar-refractivity contribution is 6.42. The molecule has 24 heavy (non-hydrogen) atoms. The summed E-state index contributed by atoms with van der Waals surface area (Å²) in [4.78, 5) is 14.6. The molecule has 1 aliphatic heterocycles. The van der Waals surface area contributed by atoms with Crippen molar-refractivity contribution in [2.24, 2.45) is 0 Å². The lowest BCUT2D eigenvalue weighted by Crippen LogP contribution is -2.45. The van der Waals surface area contributed by atoms with Crippen molar-refractivity contribution in [3.63, 3.8) is 0 Å². The van der Waals surface area contributed by atoms with Crippen molar-refractivity contribution in [3.8, 4) is 0 Å². The maximum absolute atomic E-state index is 12.3. The van der Waals surface area contributed by atoms with Gasteiger partial charge in [-0.2, -0.15) is 0 Å². The zero-order chi connectivity index (χ0) is 17.3. The lowest BCUT2D eigenvalue weighted by atomic mass is 9.93. The Morgan fingerprint density at radius 3 is 2.71 bits per heavy atom. The molecule has 1 N–H and O–H groups in total. The number of nitrogens with one attached hydrogen (secondary N) is 1. The number of aryl methyl sites for hydroxylation is 1. The number of nitrogens with zero attached hydrogens (tertiary/aromatic N) is 1. The summed E-state index contributed by atoms with van der Waals surface area (Å²) in [6, 6.07) is 11.8. The van der Waals surface area contributed by atoms with E-state index in [-0.39, 0.29) is 11.9 Å². The van der Waals surface area contributed by atoms with Gasteiger partial charge in [-0.25, -0.2) is 0 Å². The molecular formula is C19H20Cl2N2O. The molecule has 3 rings (SSSR count). The third kappa shape index (κ3) is 3.75. The lowest BCUT2D eigenvalue weighted by molar-refractivity contribution is 0.0934. The maximum Gasteiger partial charge on any atom is 0.251 e. The van der Waals surface area contributed by atoms with Gasteiger partial charge in [0.05, 0.1) is 10.0 Å². The highest BCUT2D eigenvalue weighted by Crippen LogP contribution is 2.24. The van der Waals surface area contributed by atoms with Crippen molar-refractivity contribution in [3.05, 3.63) is 68.7 Å². The monoisotopic (exact) mass is 362 g/mol. The summed E-state index contributed by atoms with van der Waals surface area (Å²) < 4.78 is 0. The van der Waals surface area contributed by atoms with Crippen LogP contribution in [0.25, 0.3) is 0 Å². The SMILES string of the molecule is Cc1ccc2c(c1)CN(C)C(CNC(=O)c1ccc(Cl)c(Cl)c1)C2. The molecule has 0 spiro atoms. The second kappa shape index (κ2) is 7.14. The summed E-state index contributed by atoms with van der Waals surface area (Å²) in [5, 5.41) is 3.85. The number of halogens is 2. The Bertz CT molecular complexity index is 776. The van der Waals surface area contributed by atoms with Crippen LogP contribution in [-0.4, -0.2) is 30.4 Å². The minimum Gasteiger partial charge on any atom is -0.350 e. The average Bonchev–Trinajstić information content (AvgIpc) is 2.55. The van der Waals surface area contributed by atoms with Gasteiger partial charge in [0.2, 0.25) is 0 Å². The average molecular weight is 363 g/mol. The van der Waals surface area contributed by atoms with Gasteiger partial charge in [-0.15, -0.1) is 0 Å². The number of rotatable bonds is 3. The van der Waals surface area contributed by atoms with Crippen molar-refractivity contribution < 1.29 is 4.79 Å². The van der Waals surface area contributed by atoms with Crippen LogP contribution in [0, 0.1) is 6.92 Å². The van der Waals surface area contributed by atoms with Crippen LogP contribution in [0.3, 0.4) is 0 Å². The molecular weight excluding hydrogens is 343 g/mol. The molecule has 1 aliphatic rings. The summed E-state index contributed by atoms with van der Waals surface area (Å²) in [7, 11) is 2.10. The van der Waals surface area contributed by atoms with Gasteiger partial charge in [0.1, 0.15) is 0 Å². The molecule has 2 aromatic rings. The van der Waals surface area contributed by atoms with Crippen LogP contribution < -0.4 is 5.32 Å². The number of hydrogen-bond acceptors (Lipinski definition) is 2. The first-order chi connectivity index (χ1) is 11.4. The van der Waals surface area contributed by atoms with Crippen LogP contribution in [0.5, 0.6) is 0 Å². The second-order valence-corrected chi connectivity index (χ2v) is 7.20. The number of carbonyl (C=O) groups excluding carboxylic acids is 1. The fourth-order valence-electron chi connectivity index (χ4n) is 3.09. The van der Waals surface area contributed by atoms with Crippen molar-refractivity contribution in [1.29, 1.82) is 0 Å². The molecule has 0 saturated heterocycles. The van der Waals surface area contributed by atoms with E-state index in [9.17, 15) is 4.79 Å². The number of benzene rings is 2. The first kappa shape index (κ1) is 17.3. The molecule has 1 unspecified atom stereocenters. The highest BCUT2D eigenvalue weighted by atomic mass is 35.5. The zero-order valence-corrected chi connectivity index (χ0v) is 15.3. The summed E-state index contributed by atoms with van der Waals surface area (Å²) >= 11 is 11.9. The third-order valence-electron chi connectivity index (χ3n) is 4.54. The lowest BCUT2D eigenvalue weighted by Gasteiger charge is -2.34. The van der Waals surface area contributed by atoms with Gasteiger partial charge < -0.3 is 5.32 Å². The van der Waals surface area contributed by atoms with Gasteiger partial charge in [0, 0.05) is 24.7 Å².